The molecule has 0 aromatic rings. The number of cyclic esters (lactones) is 1. The topological polar surface area (TPSA) is 102 Å². The highest BCUT2D eigenvalue weighted by Gasteiger charge is 2.64. The molecular weight excluding hydrogens is 412 g/mol. The maximum atomic E-state index is 13.0. The van der Waals surface area contributed by atoms with E-state index in [2.05, 4.69) is 0 Å². The fourth-order valence-corrected chi connectivity index (χ4v) is 5.64. The quantitative estimate of drug-likeness (QED) is 0.492. The SMILES string of the molecule is CCC(C)(C)C(=O)O[C@H]1CC2(C)OC2C2=CC(=O)[C@H](C)[C@H](CC[C@@H]3C[C@@H](O)CC(=O)O3)[C@H]21. The van der Waals surface area contributed by atoms with Crippen LogP contribution in [0.2, 0.25) is 0 Å². The molecule has 7 heteroatoms. The molecule has 3 fully saturated rings. The Morgan fingerprint density at radius 1 is 1.31 bits per heavy atom. The summed E-state index contributed by atoms with van der Waals surface area (Å²) in [4.78, 5) is 37.6. The Kier molecular flexibility index (Phi) is 6.04. The molecule has 2 aliphatic heterocycles. The van der Waals surface area contributed by atoms with E-state index in [0.717, 1.165) is 5.57 Å². The highest BCUT2D eigenvalue weighted by atomic mass is 16.6. The summed E-state index contributed by atoms with van der Waals surface area (Å²) in [6.07, 6.45) is 3.18. The first kappa shape index (κ1) is 23.4. The van der Waals surface area contributed by atoms with Crippen LogP contribution in [0, 0.1) is 23.2 Å². The van der Waals surface area contributed by atoms with Gasteiger partial charge in [0.25, 0.3) is 0 Å². The molecule has 2 saturated heterocycles. The van der Waals surface area contributed by atoms with E-state index in [9.17, 15) is 19.5 Å². The molecule has 1 saturated carbocycles. The minimum Gasteiger partial charge on any atom is -0.462 e. The Morgan fingerprint density at radius 2 is 2.03 bits per heavy atom. The van der Waals surface area contributed by atoms with Gasteiger partial charge in [-0.1, -0.05) is 13.8 Å². The molecule has 0 spiro atoms. The minimum atomic E-state index is -0.678. The summed E-state index contributed by atoms with van der Waals surface area (Å²) in [6.45, 7) is 9.69. The zero-order valence-electron chi connectivity index (χ0n) is 19.8. The zero-order valence-corrected chi connectivity index (χ0v) is 19.8. The standard InChI is InChI=1S/C25H36O7/c1-6-24(3,4)23(29)31-19-12-25(5)22(32-25)17-11-18(27)13(2)16(21(17)19)8-7-15-9-14(26)10-20(28)30-15/h11,13-16,19,21-22,26H,6-10,12H2,1-5H3/t13-,14-,15-,16+,19+,21-,22?,25?/m1/s1. The molecule has 7 nitrogen and oxygen atoms in total. The van der Waals surface area contributed by atoms with Gasteiger partial charge in [-0.2, -0.15) is 0 Å². The molecule has 1 N–H and O–H groups in total. The van der Waals surface area contributed by atoms with Crippen LogP contribution in [-0.2, 0) is 28.6 Å². The van der Waals surface area contributed by atoms with Gasteiger partial charge in [-0.25, -0.2) is 0 Å². The Bertz CT molecular complexity index is 830. The van der Waals surface area contributed by atoms with Gasteiger partial charge < -0.3 is 19.3 Å². The molecule has 4 rings (SSSR count). The van der Waals surface area contributed by atoms with Gasteiger partial charge in [0.15, 0.2) is 5.78 Å². The molecule has 0 radical (unpaired) electrons. The fraction of sp³-hybridized carbons (Fsp3) is 0.800. The Balaban J connectivity index is 1.57. The van der Waals surface area contributed by atoms with Crippen LogP contribution in [0.15, 0.2) is 11.6 Å². The second-order valence-corrected chi connectivity index (χ2v) is 11.0. The van der Waals surface area contributed by atoms with E-state index in [-0.39, 0.29) is 60.2 Å². The Labute approximate surface area is 189 Å². The number of hydrogen-bond acceptors (Lipinski definition) is 7. The van der Waals surface area contributed by atoms with Gasteiger partial charge in [0.2, 0.25) is 0 Å². The van der Waals surface area contributed by atoms with Crippen molar-refractivity contribution < 1.29 is 33.7 Å². The van der Waals surface area contributed by atoms with Crippen LogP contribution in [0.1, 0.15) is 73.1 Å². The average Bonchev–Trinajstić information content (AvgIpc) is 3.39. The lowest BCUT2D eigenvalue weighted by Crippen LogP contribution is -2.48. The molecule has 2 aliphatic carbocycles. The van der Waals surface area contributed by atoms with Gasteiger partial charge in [-0.3, -0.25) is 14.4 Å². The highest BCUT2D eigenvalue weighted by Crippen LogP contribution is 2.57. The summed E-state index contributed by atoms with van der Waals surface area (Å²) in [7, 11) is 0. The Morgan fingerprint density at radius 3 is 2.69 bits per heavy atom. The molecule has 0 amide bonds. The number of carbonyl (C=O) groups is 3. The van der Waals surface area contributed by atoms with Crippen molar-refractivity contribution in [3.05, 3.63) is 11.6 Å². The molecule has 4 aliphatic rings. The van der Waals surface area contributed by atoms with Crippen molar-refractivity contribution in [3.8, 4) is 0 Å². The summed E-state index contributed by atoms with van der Waals surface area (Å²) in [6, 6.07) is 0. The predicted octanol–water partition coefficient (Wildman–Crippen LogP) is 3.12. The number of ether oxygens (including phenoxy) is 3. The predicted molar refractivity (Wildman–Crippen MR) is 115 cm³/mol. The lowest BCUT2D eigenvalue weighted by Gasteiger charge is -2.44. The minimum absolute atomic E-state index is 0.0349. The zero-order chi connectivity index (χ0) is 23.4. The number of aliphatic hydroxyl groups excluding tert-OH is 1. The molecular formula is C25H36O7. The van der Waals surface area contributed by atoms with E-state index >= 15 is 0 Å². The summed E-state index contributed by atoms with van der Waals surface area (Å²) >= 11 is 0. The average molecular weight is 449 g/mol. The van der Waals surface area contributed by atoms with Crippen molar-refractivity contribution in [1.29, 1.82) is 0 Å². The fourth-order valence-electron chi connectivity index (χ4n) is 5.64. The van der Waals surface area contributed by atoms with Gasteiger partial charge in [-0.05, 0) is 57.6 Å². The summed E-state index contributed by atoms with van der Waals surface area (Å²) in [5.74, 6) is -0.895. The second-order valence-electron chi connectivity index (χ2n) is 11.0. The lowest BCUT2D eigenvalue weighted by atomic mass is 9.62. The van der Waals surface area contributed by atoms with Crippen LogP contribution >= 0.6 is 0 Å². The third kappa shape index (κ3) is 4.26. The van der Waals surface area contributed by atoms with Crippen LogP contribution in [-0.4, -0.2) is 52.8 Å². The summed E-state index contributed by atoms with van der Waals surface area (Å²) in [5, 5.41) is 9.94. The molecule has 2 unspecified atom stereocenters. The molecule has 178 valence electrons. The normalized spacial score (nSPS) is 41.2. The molecule has 2 heterocycles. The maximum absolute atomic E-state index is 13.0. The number of rotatable bonds is 6. The highest BCUT2D eigenvalue weighted by molar-refractivity contribution is 5.94. The largest absolute Gasteiger partial charge is 0.462 e. The molecule has 0 aromatic carbocycles. The van der Waals surface area contributed by atoms with Crippen LogP contribution in [0.5, 0.6) is 0 Å². The summed E-state index contributed by atoms with van der Waals surface area (Å²) in [5.41, 5.74) is -0.0260. The van der Waals surface area contributed by atoms with E-state index in [1.54, 1.807) is 6.08 Å². The van der Waals surface area contributed by atoms with Gasteiger partial charge >= 0.3 is 11.9 Å². The van der Waals surface area contributed by atoms with Crippen LogP contribution in [0.4, 0.5) is 0 Å². The van der Waals surface area contributed by atoms with E-state index < -0.39 is 17.1 Å². The van der Waals surface area contributed by atoms with Crippen molar-refractivity contribution in [3.63, 3.8) is 0 Å². The van der Waals surface area contributed by atoms with Gasteiger partial charge in [0.05, 0.1) is 23.5 Å². The van der Waals surface area contributed by atoms with E-state index in [0.29, 0.717) is 32.1 Å². The number of hydrogen-bond donors (Lipinski definition) is 1. The molecule has 0 aromatic heterocycles. The van der Waals surface area contributed by atoms with Crippen molar-refractivity contribution in [1.82, 2.24) is 0 Å². The number of allylic oxidation sites excluding steroid dienone is 1. The third-order valence-corrected chi connectivity index (χ3v) is 8.19. The second kappa shape index (κ2) is 8.24. The van der Waals surface area contributed by atoms with Crippen LogP contribution in [0.3, 0.4) is 0 Å². The van der Waals surface area contributed by atoms with Crippen LogP contribution < -0.4 is 0 Å². The number of epoxide rings is 1. The number of fused-ring (bicyclic) bond motifs is 3. The first-order valence-corrected chi connectivity index (χ1v) is 12.0. The maximum Gasteiger partial charge on any atom is 0.311 e. The summed E-state index contributed by atoms with van der Waals surface area (Å²) < 4.78 is 17.6. The number of aliphatic hydroxyl groups is 1. The van der Waals surface area contributed by atoms with E-state index in [1.807, 2.05) is 34.6 Å². The van der Waals surface area contributed by atoms with Gasteiger partial charge in [-0.15, -0.1) is 0 Å². The van der Waals surface area contributed by atoms with Gasteiger partial charge in [0, 0.05) is 24.7 Å². The first-order chi connectivity index (χ1) is 14.9. The van der Waals surface area contributed by atoms with Crippen molar-refractivity contribution in [2.24, 2.45) is 23.2 Å². The van der Waals surface area contributed by atoms with Crippen molar-refractivity contribution in [2.45, 2.75) is 103 Å². The molecule has 8 atom stereocenters. The molecule has 32 heavy (non-hydrogen) atoms. The first-order valence-electron chi connectivity index (χ1n) is 12.0. The monoisotopic (exact) mass is 448 g/mol. The van der Waals surface area contributed by atoms with E-state index in [1.165, 1.54) is 0 Å². The Hall–Kier alpha value is -1.73. The van der Waals surface area contributed by atoms with Crippen molar-refractivity contribution >= 4 is 17.7 Å². The van der Waals surface area contributed by atoms with Gasteiger partial charge in [0.1, 0.15) is 18.3 Å². The number of carbonyl (C=O) groups excluding carboxylic acids is 3. The van der Waals surface area contributed by atoms with Crippen molar-refractivity contribution in [2.75, 3.05) is 0 Å². The number of ketones is 1. The van der Waals surface area contributed by atoms with E-state index in [4.69, 9.17) is 14.2 Å². The third-order valence-electron chi connectivity index (χ3n) is 8.19. The lowest BCUT2D eigenvalue weighted by molar-refractivity contribution is -0.166. The van der Waals surface area contributed by atoms with Crippen LogP contribution in [0.25, 0.3) is 0 Å². The number of esters is 2. The smallest absolute Gasteiger partial charge is 0.311 e. The molecule has 0 bridgehead atoms.